The van der Waals surface area contributed by atoms with Gasteiger partial charge in [0, 0.05) is 24.9 Å². The molecule has 0 spiro atoms. The molecular weight excluding hydrogens is 326 g/mol. The number of methoxy groups -OCH3 is 1. The average molecular weight is 351 g/mol. The monoisotopic (exact) mass is 351 g/mol. The number of fused-ring (bicyclic) bond motifs is 1. The summed E-state index contributed by atoms with van der Waals surface area (Å²) in [6, 6.07) is 16.2. The number of rotatable bonds is 8. The van der Waals surface area contributed by atoms with Gasteiger partial charge in [0.1, 0.15) is 11.6 Å². The maximum Gasteiger partial charge on any atom is 0.219 e. The zero-order chi connectivity index (χ0) is 18.4. The normalized spacial score (nSPS) is 10.8. The van der Waals surface area contributed by atoms with E-state index in [1.54, 1.807) is 7.11 Å². The molecule has 5 nitrogen and oxygen atoms in total. The van der Waals surface area contributed by atoms with Gasteiger partial charge in [-0.3, -0.25) is 4.79 Å². The first-order chi connectivity index (χ1) is 12.7. The Kier molecular flexibility index (Phi) is 5.89. The van der Waals surface area contributed by atoms with Crippen LogP contribution in [-0.4, -0.2) is 29.1 Å². The molecule has 0 saturated carbocycles. The van der Waals surface area contributed by atoms with Crippen molar-refractivity contribution in [3.63, 3.8) is 0 Å². The van der Waals surface area contributed by atoms with Crippen LogP contribution in [0.25, 0.3) is 11.0 Å². The first-order valence-corrected chi connectivity index (χ1v) is 9.05. The van der Waals surface area contributed by atoms with Gasteiger partial charge in [-0.15, -0.1) is 0 Å². The lowest BCUT2D eigenvalue weighted by Crippen LogP contribution is -2.23. The third-order valence-corrected chi connectivity index (χ3v) is 4.48. The standard InChI is InChI=1S/C21H25N3O2/c1-3-21(25)22-14-8-13-20-23-17-10-5-6-11-18(17)24(20)15-16-9-4-7-12-19(16)26-2/h4-7,9-12H,3,8,13-15H2,1-2H3,(H,22,25). The van der Waals surface area contributed by atoms with E-state index in [1.807, 2.05) is 43.3 Å². The summed E-state index contributed by atoms with van der Waals surface area (Å²) in [5, 5.41) is 2.93. The predicted octanol–water partition coefficient (Wildman–Crippen LogP) is 3.55. The fraction of sp³-hybridized carbons (Fsp3) is 0.333. The molecule has 3 aromatic rings. The van der Waals surface area contributed by atoms with Crippen molar-refractivity contribution in [3.05, 3.63) is 59.9 Å². The highest BCUT2D eigenvalue weighted by Gasteiger charge is 2.12. The highest BCUT2D eigenvalue weighted by atomic mass is 16.5. The highest BCUT2D eigenvalue weighted by Crippen LogP contribution is 2.23. The smallest absolute Gasteiger partial charge is 0.219 e. The fourth-order valence-electron chi connectivity index (χ4n) is 3.10. The summed E-state index contributed by atoms with van der Waals surface area (Å²) >= 11 is 0. The molecule has 0 bridgehead atoms. The topological polar surface area (TPSA) is 56.2 Å². The molecule has 3 rings (SSSR count). The Balaban J connectivity index is 1.84. The van der Waals surface area contributed by atoms with Gasteiger partial charge in [0.2, 0.25) is 5.91 Å². The molecule has 0 unspecified atom stereocenters. The van der Waals surface area contributed by atoms with Gasteiger partial charge in [-0.25, -0.2) is 4.98 Å². The second kappa shape index (κ2) is 8.52. The molecule has 1 heterocycles. The molecule has 0 saturated heterocycles. The molecule has 2 aromatic carbocycles. The van der Waals surface area contributed by atoms with Crippen molar-refractivity contribution >= 4 is 16.9 Å². The minimum absolute atomic E-state index is 0.0903. The third-order valence-electron chi connectivity index (χ3n) is 4.48. The van der Waals surface area contributed by atoms with Crippen LogP contribution in [-0.2, 0) is 17.8 Å². The summed E-state index contributed by atoms with van der Waals surface area (Å²) in [4.78, 5) is 16.2. The predicted molar refractivity (Wildman–Crippen MR) is 103 cm³/mol. The number of ether oxygens (including phenoxy) is 1. The second-order valence-corrected chi connectivity index (χ2v) is 6.22. The largest absolute Gasteiger partial charge is 0.496 e. The molecule has 1 aromatic heterocycles. The first kappa shape index (κ1) is 18.0. The van der Waals surface area contributed by atoms with Crippen molar-refractivity contribution in [2.75, 3.05) is 13.7 Å². The SMILES string of the molecule is CCC(=O)NCCCc1nc2ccccc2n1Cc1ccccc1OC. The molecule has 0 fully saturated rings. The van der Waals surface area contributed by atoms with Gasteiger partial charge in [0.15, 0.2) is 0 Å². The van der Waals surface area contributed by atoms with E-state index in [-0.39, 0.29) is 5.91 Å². The molecule has 0 aliphatic carbocycles. The fourth-order valence-corrected chi connectivity index (χ4v) is 3.10. The van der Waals surface area contributed by atoms with Gasteiger partial charge in [0.25, 0.3) is 0 Å². The molecular formula is C21H25N3O2. The van der Waals surface area contributed by atoms with E-state index >= 15 is 0 Å². The van der Waals surface area contributed by atoms with E-state index in [0.717, 1.165) is 41.0 Å². The quantitative estimate of drug-likeness (QED) is 0.632. The number of aryl methyl sites for hydroxylation is 1. The minimum atomic E-state index is 0.0903. The number of hydrogen-bond donors (Lipinski definition) is 1. The van der Waals surface area contributed by atoms with Crippen molar-refractivity contribution < 1.29 is 9.53 Å². The lowest BCUT2D eigenvalue weighted by Gasteiger charge is -2.12. The van der Waals surface area contributed by atoms with E-state index in [4.69, 9.17) is 9.72 Å². The van der Waals surface area contributed by atoms with Crippen LogP contribution >= 0.6 is 0 Å². The van der Waals surface area contributed by atoms with Crippen LogP contribution in [0, 0.1) is 0 Å². The lowest BCUT2D eigenvalue weighted by atomic mass is 10.2. The number of carbonyl (C=O) groups is 1. The molecule has 1 N–H and O–H groups in total. The Hall–Kier alpha value is -2.82. The molecule has 136 valence electrons. The highest BCUT2D eigenvalue weighted by molar-refractivity contribution is 5.76. The number of nitrogens with zero attached hydrogens (tertiary/aromatic N) is 2. The van der Waals surface area contributed by atoms with Gasteiger partial charge in [-0.05, 0) is 24.6 Å². The number of aromatic nitrogens is 2. The lowest BCUT2D eigenvalue weighted by molar-refractivity contribution is -0.120. The van der Waals surface area contributed by atoms with Crippen LogP contribution < -0.4 is 10.1 Å². The van der Waals surface area contributed by atoms with E-state index in [0.29, 0.717) is 19.5 Å². The summed E-state index contributed by atoms with van der Waals surface area (Å²) in [6.45, 7) is 3.24. The van der Waals surface area contributed by atoms with E-state index < -0.39 is 0 Å². The second-order valence-electron chi connectivity index (χ2n) is 6.22. The average Bonchev–Trinajstić information content (AvgIpc) is 3.03. The Morgan fingerprint density at radius 3 is 2.73 bits per heavy atom. The number of hydrogen-bond acceptors (Lipinski definition) is 3. The van der Waals surface area contributed by atoms with E-state index in [9.17, 15) is 4.79 Å². The van der Waals surface area contributed by atoms with Crippen molar-refractivity contribution in [2.45, 2.75) is 32.7 Å². The van der Waals surface area contributed by atoms with Crippen LogP contribution in [0.15, 0.2) is 48.5 Å². The number of amides is 1. The Bertz CT molecular complexity index is 886. The number of nitrogens with one attached hydrogen (secondary N) is 1. The van der Waals surface area contributed by atoms with Gasteiger partial charge < -0.3 is 14.6 Å². The third kappa shape index (κ3) is 4.04. The maximum absolute atomic E-state index is 11.4. The van der Waals surface area contributed by atoms with Gasteiger partial charge in [-0.2, -0.15) is 0 Å². The van der Waals surface area contributed by atoms with Gasteiger partial charge >= 0.3 is 0 Å². The molecule has 0 aliphatic rings. The molecule has 5 heteroatoms. The van der Waals surface area contributed by atoms with Gasteiger partial charge in [0.05, 0.1) is 24.7 Å². The van der Waals surface area contributed by atoms with Crippen molar-refractivity contribution in [2.24, 2.45) is 0 Å². The summed E-state index contributed by atoms with van der Waals surface area (Å²) in [6.07, 6.45) is 2.20. The Morgan fingerprint density at radius 2 is 1.92 bits per heavy atom. The number of imidazole rings is 1. The first-order valence-electron chi connectivity index (χ1n) is 9.05. The van der Waals surface area contributed by atoms with E-state index in [2.05, 4.69) is 22.0 Å². The van der Waals surface area contributed by atoms with Crippen molar-refractivity contribution in [1.82, 2.24) is 14.9 Å². The van der Waals surface area contributed by atoms with Crippen LogP contribution in [0.3, 0.4) is 0 Å². The van der Waals surface area contributed by atoms with Crippen molar-refractivity contribution in [1.29, 1.82) is 0 Å². The minimum Gasteiger partial charge on any atom is -0.496 e. The summed E-state index contributed by atoms with van der Waals surface area (Å²) < 4.78 is 7.75. The Labute approximate surface area is 154 Å². The number of benzene rings is 2. The molecule has 1 amide bonds. The van der Waals surface area contributed by atoms with Crippen LogP contribution in [0.2, 0.25) is 0 Å². The summed E-state index contributed by atoms with van der Waals surface area (Å²) in [5.74, 6) is 2.00. The number of para-hydroxylation sites is 3. The number of carbonyl (C=O) groups excluding carboxylic acids is 1. The van der Waals surface area contributed by atoms with E-state index in [1.165, 1.54) is 0 Å². The Morgan fingerprint density at radius 1 is 1.15 bits per heavy atom. The van der Waals surface area contributed by atoms with Crippen molar-refractivity contribution in [3.8, 4) is 5.75 Å². The molecule has 0 aliphatic heterocycles. The van der Waals surface area contributed by atoms with Crippen LogP contribution in [0.1, 0.15) is 31.2 Å². The zero-order valence-electron chi connectivity index (χ0n) is 15.4. The summed E-state index contributed by atoms with van der Waals surface area (Å²) in [7, 11) is 1.70. The summed E-state index contributed by atoms with van der Waals surface area (Å²) in [5.41, 5.74) is 3.24. The zero-order valence-corrected chi connectivity index (χ0v) is 15.4. The molecule has 0 atom stereocenters. The van der Waals surface area contributed by atoms with Crippen LogP contribution in [0.4, 0.5) is 0 Å². The molecule has 0 radical (unpaired) electrons. The molecule has 26 heavy (non-hydrogen) atoms. The van der Waals surface area contributed by atoms with Gasteiger partial charge in [-0.1, -0.05) is 37.3 Å². The van der Waals surface area contributed by atoms with Crippen LogP contribution in [0.5, 0.6) is 5.75 Å². The maximum atomic E-state index is 11.4.